The second-order valence-corrected chi connectivity index (χ2v) is 7.50. The van der Waals surface area contributed by atoms with Crippen molar-refractivity contribution in [2.75, 3.05) is 6.61 Å². The molecule has 0 spiro atoms. The first-order valence-corrected chi connectivity index (χ1v) is 10.2. The van der Waals surface area contributed by atoms with E-state index in [2.05, 4.69) is 33.1 Å². The van der Waals surface area contributed by atoms with Gasteiger partial charge in [0.05, 0.1) is 11.8 Å². The van der Waals surface area contributed by atoms with E-state index in [1.165, 1.54) is 6.21 Å². The third-order valence-corrected chi connectivity index (χ3v) is 4.89. The van der Waals surface area contributed by atoms with Crippen LogP contribution in [0.2, 0.25) is 0 Å². The van der Waals surface area contributed by atoms with Crippen molar-refractivity contribution in [1.82, 2.24) is 5.43 Å². The molecule has 0 saturated heterocycles. The summed E-state index contributed by atoms with van der Waals surface area (Å²) >= 11 is 2.09. The van der Waals surface area contributed by atoms with E-state index in [0.717, 1.165) is 14.7 Å². The number of esters is 1. The molecule has 0 atom stereocenters. The Labute approximate surface area is 188 Å². The summed E-state index contributed by atoms with van der Waals surface area (Å²) in [4.78, 5) is 24.1. The maximum absolute atomic E-state index is 12.2. The van der Waals surface area contributed by atoms with Gasteiger partial charge in [-0.2, -0.15) is 5.10 Å². The summed E-state index contributed by atoms with van der Waals surface area (Å²) in [6, 6.07) is 21.5. The number of nitrogens with zero attached hydrogens (tertiary/aromatic N) is 1. The molecule has 0 bridgehead atoms. The predicted octanol–water partition coefficient (Wildman–Crippen LogP) is 4.35. The molecule has 0 radical (unpaired) electrons. The fraction of sp³-hybridized carbons (Fsp3) is 0.0870. The van der Waals surface area contributed by atoms with Crippen LogP contribution in [0.4, 0.5) is 0 Å². The van der Waals surface area contributed by atoms with Crippen molar-refractivity contribution in [3.63, 3.8) is 0 Å². The van der Waals surface area contributed by atoms with Crippen molar-refractivity contribution < 1.29 is 19.1 Å². The quantitative estimate of drug-likeness (QED) is 0.167. The minimum atomic E-state index is -0.415. The Bertz CT molecular complexity index is 1060. The minimum absolute atomic E-state index is 0.131. The highest BCUT2D eigenvalue weighted by atomic mass is 127. The molecule has 1 N–H and O–H groups in total. The van der Waals surface area contributed by atoms with Gasteiger partial charge in [0.15, 0.2) is 6.61 Å². The van der Waals surface area contributed by atoms with Crippen LogP contribution in [0.25, 0.3) is 0 Å². The number of rotatable bonds is 7. The highest BCUT2D eigenvalue weighted by molar-refractivity contribution is 14.1. The number of hydrazone groups is 1. The number of hydrogen-bond donors (Lipinski definition) is 1. The molecule has 0 aliphatic carbocycles. The molecule has 30 heavy (non-hydrogen) atoms. The van der Waals surface area contributed by atoms with E-state index in [1.807, 2.05) is 37.3 Å². The molecule has 0 fully saturated rings. The van der Waals surface area contributed by atoms with E-state index in [0.29, 0.717) is 17.1 Å². The van der Waals surface area contributed by atoms with Crippen LogP contribution in [0, 0.1) is 10.5 Å². The van der Waals surface area contributed by atoms with Gasteiger partial charge in [-0.1, -0.05) is 24.3 Å². The van der Waals surface area contributed by atoms with E-state index in [1.54, 1.807) is 42.5 Å². The topological polar surface area (TPSA) is 77.0 Å². The second kappa shape index (κ2) is 10.5. The lowest BCUT2D eigenvalue weighted by atomic mass is 10.2. The lowest BCUT2D eigenvalue weighted by Gasteiger charge is -2.06. The summed E-state index contributed by atoms with van der Waals surface area (Å²) in [7, 11) is 0. The van der Waals surface area contributed by atoms with Gasteiger partial charge in [-0.05, 0) is 89.2 Å². The lowest BCUT2D eigenvalue weighted by molar-refractivity contribution is -0.123. The smallest absolute Gasteiger partial charge is 0.344 e. The molecule has 3 rings (SSSR count). The third-order valence-electron chi connectivity index (χ3n) is 3.95. The fourth-order valence-corrected chi connectivity index (χ4v) is 3.08. The molecule has 7 heteroatoms. The van der Waals surface area contributed by atoms with Gasteiger partial charge in [0.1, 0.15) is 11.5 Å². The average molecular weight is 514 g/mol. The number of aryl methyl sites for hydroxylation is 1. The number of amides is 1. The molecule has 152 valence electrons. The zero-order chi connectivity index (χ0) is 21.3. The van der Waals surface area contributed by atoms with E-state index >= 15 is 0 Å². The molecule has 1 amide bonds. The van der Waals surface area contributed by atoms with Crippen LogP contribution in [0.3, 0.4) is 0 Å². The normalized spacial score (nSPS) is 10.6. The molecule has 0 aromatic heterocycles. The van der Waals surface area contributed by atoms with E-state index < -0.39 is 5.97 Å². The summed E-state index contributed by atoms with van der Waals surface area (Å²) in [5, 5.41) is 3.91. The molecule has 0 saturated carbocycles. The number of carbonyl (C=O) groups is 2. The zero-order valence-corrected chi connectivity index (χ0v) is 18.3. The van der Waals surface area contributed by atoms with Crippen molar-refractivity contribution in [2.24, 2.45) is 5.10 Å². The van der Waals surface area contributed by atoms with Crippen molar-refractivity contribution in [2.45, 2.75) is 6.92 Å². The predicted molar refractivity (Wildman–Crippen MR) is 123 cm³/mol. The highest BCUT2D eigenvalue weighted by Crippen LogP contribution is 2.17. The van der Waals surface area contributed by atoms with Crippen LogP contribution in [0.15, 0.2) is 77.9 Å². The third kappa shape index (κ3) is 6.41. The second-order valence-electron chi connectivity index (χ2n) is 6.34. The summed E-state index contributed by atoms with van der Waals surface area (Å²) in [5.41, 5.74) is 4.72. The van der Waals surface area contributed by atoms with Gasteiger partial charge in [-0.25, -0.2) is 10.2 Å². The van der Waals surface area contributed by atoms with Gasteiger partial charge in [0.25, 0.3) is 5.91 Å². The number of halogens is 1. The summed E-state index contributed by atoms with van der Waals surface area (Å²) in [6.07, 6.45) is 1.50. The van der Waals surface area contributed by atoms with Crippen LogP contribution in [0.5, 0.6) is 11.5 Å². The molecule has 0 unspecified atom stereocenters. The van der Waals surface area contributed by atoms with Crippen molar-refractivity contribution in [3.05, 3.63) is 93.1 Å². The molecule has 0 heterocycles. The van der Waals surface area contributed by atoms with Gasteiger partial charge >= 0.3 is 5.97 Å². The number of benzene rings is 3. The first-order valence-electron chi connectivity index (χ1n) is 9.09. The standard InChI is InChI=1S/C23H19IN2O4/c1-16-5-4-6-19(13-16)29-15-22(27)26-25-14-17-9-11-18(12-10-17)30-23(28)20-7-2-3-8-21(20)24/h2-14H,15H2,1H3,(H,26,27)/b25-14-. The zero-order valence-electron chi connectivity index (χ0n) is 16.2. The lowest BCUT2D eigenvalue weighted by Crippen LogP contribution is -2.24. The average Bonchev–Trinajstić information content (AvgIpc) is 2.74. The van der Waals surface area contributed by atoms with E-state index in [-0.39, 0.29) is 12.5 Å². The van der Waals surface area contributed by atoms with Crippen LogP contribution >= 0.6 is 22.6 Å². The maximum atomic E-state index is 12.2. The van der Waals surface area contributed by atoms with Crippen molar-refractivity contribution in [3.8, 4) is 11.5 Å². The van der Waals surface area contributed by atoms with Gasteiger partial charge in [0, 0.05) is 3.57 Å². The summed E-state index contributed by atoms with van der Waals surface area (Å²) < 4.78 is 11.6. The molecule has 3 aromatic carbocycles. The Morgan fingerprint density at radius 3 is 2.50 bits per heavy atom. The Morgan fingerprint density at radius 2 is 1.77 bits per heavy atom. The van der Waals surface area contributed by atoms with Gasteiger partial charge in [0.2, 0.25) is 0 Å². The number of ether oxygens (including phenoxy) is 2. The van der Waals surface area contributed by atoms with Crippen LogP contribution in [0.1, 0.15) is 21.5 Å². The Kier molecular flexibility index (Phi) is 7.56. The van der Waals surface area contributed by atoms with E-state index in [4.69, 9.17) is 9.47 Å². The molecular formula is C23H19IN2O4. The summed E-state index contributed by atoms with van der Waals surface area (Å²) in [5.74, 6) is 0.273. The summed E-state index contributed by atoms with van der Waals surface area (Å²) in [6.45, 7) is 1.82. The van der Waals surface area contributed by atoms with Gasteiger partial charge in [-0.3, -0.25) is 4.79 Å². The molecule has 0 aliphatic heterocycles. The number of carbonyl (C=O) groups excluding carboxylic acids is 2. The Balaban J connectivity index is 1.48. The van der Waals surface area contributed by atoms with Crippen LogP contribution < -0.4 is 14.9 Å². The van der Waals surface area contributed by atoms with Crippen LogP contribution in [-0.2, 0) is 4.79 Å². The van der Waals surface area contributed by atoms with E-state index in [9.17, 15) is 9.59 Å². The maximum Gasteiger partial charge on any atom is 0.344 e. The molecular weight excluding hydrogens is 495 g/mol. The number of nitrogens with one attached hydrogen (secondary N) is 1. The first-order chi connectivity index (χ1) is 14.5. The molecule has 6 nitrogen and oxygen atoms in total. The highest BCUT2D eigenvalue weighted by Gasteiger charge is 2.11. The molecule has 3 aromatic rings. The minimum Gasteiger partial charge on any atom is -0.484 e. The van der Waals surface area contributed by atoms with Crippen LogP contribution in [-0.4, -0.2) is 24.7 Å². The monoisotopic (exact) mass is 514 g/mol. The molecule has 0 aliphatic rings. The van der Waals surface area contributed by atoms with Gasteiger partial charge < -0.3 is 9.47 Å². The van der Waals surface area contributed by atoms with Crippen molar-refractivity contribution >= 4 is 40.7 Å². The first kappa shape index (κ1) is 21.5. The number of hydrogen-bond acceptors (Lipinski definition) is 5. The SMILES string of the molecule is Cc1cccc(OCC(=O)N/N=C\c2ccc(OC(=O)c3ccccc3I)cc2)c1. The fourth-order valence-electron chi connectivity index (χ4n) is 2.48. The largest absolute Gasteiger partial charge is 0.484 e. The van der Waals surface area contributed by atoms with Crippen molar-refractivity contribution in [1.29, 1.82) is 0 Å². The Morgan fingerprint density at radius 1 is 1.00 bits per heavy atom. The Hall–Kier alpha value is -3.20. The van der Waals surface area contributed by atoms with Gasteiger partial charge in [-0.15, -0.1) is 0 Å².